The maximum Gasteiger partial charge on any atom is 0.255 e. The zero-order chi connectivity index (χ0) is 23.9. The van der Waals surface area contributed by atoms with E-state index < -0.39 is 18.0 Å². The quantitative estimate of drug-likeness (QED) is 0.664. The number of imide groups is 1. The minimum atomic E-state index is -0.740. The molecule has 2 N–H and O–H groups in total. The van der Waals surface area contributed by atoms with Gasteiger partial charge in [0.05, 0.1) is 6.54 Å². The molecule has 6 nitrogen and oxygen atoms in total. The molecule has 1 unspecified atom stereocenters. The number of hydrogen-bond donors (Lipinski definition) is 2. The van der Waals surface area contributed by atoms with Crippen molar-refractivity contribution in [2.45, 2.75) is 102 Å². The number of carbonyl (C=O) groups excluding carboxylic acids is 3. The Labute approximate surface area is 196 Å². The van der Waals surface area contributed by atoms with E-state index in [2.05, 4.69) is 10.6 Å². The third kappa shape index (κ3) is 4.57. The van der Waals surface area contributed by atoms with Crippen molar-refractivity contribution in [1.82, 2.24) is 15.5 Å². The molecule has 0 radical (unpaired) electrons. The average molecular weight is 457 g/mol. The molecule has 2 saturated carbocycles. The number of halogens is 1. The van der Waals surface area contributed by atoms with Crippen LogP contribution in [0, 0.1) is 11.7 Å². The van der Waals surface area contributed by atoms with Crippen molar-refractivity contribution in [1.29, 1.82) is 0 Å². The number of nitrogens with one attached hydrogen (secondary N) is 2. The van der Waals surface area contributed by atoms with Crippen molar-refractivity contribution < 1.29 is 20.1 Å². The molecule has 0 bridgehead atoms. The summed E-state index contributed by atoms with van der Waals surface area (Å²) in [7, 11) is 0. The first-order valence-corrected chi connectivity index (χ1v) is 12.6. The van der Waals surface area contributed by atoms with E-state index in [1.54, 1.807) is 12.1 Å². The molecule has 33 heavy (non-hydrogen) atoms. The number of rotatable bonds is 5. The van der Waals surface area contributed by atoms with E-state index in [4.69, 9.17) is 1.37 Å². The van der Waals surface area contributed by atoms with Crippen LogP contribution < -0.4 is 10.6 Å². The van der Waals surface area contributed by atoms with Gasteiger partial charge < -0.3 is 10.2 Å². The van der Waals surface area contributed by atoms with Crippen LogP contribution in [0.3, 0.4) is 0 Å². The molecule has 2 aliphatic carbocycles. The van der Waals surface area contributed by atoms with Crippen LogP contribution in [0.25, 0.3) is 0 Å². The van der Waals surface area contributed by atoms with Gasteiger partial charge in [-0.1, -0.05) is 38.2 Å². The van der Waals surface area contributed by atoms with Gasteiger partial charge in [-0.25, -0.2) is 4.39 Å². The number of fused-ring (bicyclic) bond motifs is 1. The van der Waals surface area contributed by atoms with Crippen LogP contribution in [0.15, 0.2) is 12.1 Å². The summed E-state index contributed by atoms with van der Waals surface area (Å²) in [5, 5.41) is 5.94. The fourth-order valence-electron chi connectivity index (χ4n) is 6.12. The maximum atomic E-state index is 15.7. The fourth-order valence-corrected chi connectivity index (χ4v) is 6.12. The van der Waals surface area contributed by atoms with E-state index in [0.29, 0.717) is 23.1 Å². The van der Waals surface area contributed by atoms with Crippen molar-refractivity contribution in [2.24, 2.45) is 5.92 Å². The minimum Gasteiger partial charge on any atom is -0.322 e. The number of carbonyl (C=O) groups is 3. The van der Waals surface area contributed by atoms with E-state index in [9.17, 15) is 14.4 Å². The molecule has 5 rings (SSSR count). The molecule has 7 heteroatoms. The SMILES string of the molecule is [2H]C1(N[C@H]2CCCC[C@@H]2Cc2ccc3c(c2F)CN(C2CCC(=O)NC2=O)C3=O)CCCCC1. The van der Waals surface area contributed by atoms with Gasteiger partial charge in [-0.05, 0) is 56.1 Å². The monoisotopic (exact) mass is 456 g/mol. The van der Waals surface area contributed by atoms with Gasteiger partial charge in [0.2, 0.25) is 11.8 Å². The van der Waals surface area contributed by atoms with Crippen LogP contribution in [0.4, 0.5) is 4.39 Å². The highest BCUT2D eigenvalue weighted by molar-refractivity contribution is 6.05. The van der Waals surface area contributed by atoms with Gasteiger partial charge in [0.25, 0.3) is 5.91 Å². The molecule has 0 spiro atoms. The van der Waals surface area contributed by atoms with E-state index >= 15 is 4.39 Å². The van der Waals surface area contributed by atoms with Crippen LogP contribution in [0.1, 0.15) is 93.5 Å². The van der Waals surface area contributed by atoms with Gasteiger partial charge in [0.15, 0.2) is 0 Å². The Balaban J connectivity index is 1.32. The lowest BCUT2D eigenvalue weighted by atomic mass is 9.79. The first-order chi connectivity index (χ1) is 16.3. The Morgan fingerprint density at radius 2 is 1.79 bits per heavy atom. The van der Waals surface area contributed by atoms with Crippen LogP contribution in [0.2, 0.25) is 0 Å². The van der Waals surface area contributed by atoms with Crippen LogP contribution in [-0.4, -0.2) is 40.7 Å². The molecule has 178 valence electrons. The van der Waals surface area contributed by atoms with Crippen molar-refractivity contribution in [3.63, 3.8) is 0 Å². The number of amides is 3. The zero-order valence-electron chi connectivity index (χ0n) is 20.1. The Hall–Kier alpha value is -2.28. The van der Waals surface area contributed by atoms with E-state index in [-0.39, 0.29) is 49.0 Å². The molecule has 0 aromatic heterocycles. The molecule has 4 aliphatic rings. The van der Waals surface area contributed by atoms with Gasteiger partial charge in [0, 0.05) is 31.0 Å². The summed E-state index contributed by atoms with van der Waals surface area (Å²) in [6, 6.07) is 2.32. The lowest BCUT2D eigenvalue weighted by Gasteiger charge is -2.36. The lowest BCUT2D eigenvalue weighted by Crippen LogP contribution is -2.52. The molecule has 3 atom stereocenters. The third-order valence-corrected chi connectivity index (χ3v) is 7.97. The molecule has 2 heterocycles. The highest BCUT2D eigenvalue weighted by atomic mass is 19.1. The van der Waals surface area contributed by atoms with Gasteiger partial charge in [-0.15, -0.1) is 0 Å². The second-order valence-electron chi connectivity index (χ2n) is 10.1. The lowest BCUT2D eigenvalue weighted by molar-refractivity contribution is -0.136. The highest BCUT2D eigenvalue weighted by Crippen LogP contribution is 2.34. The second kappa shape index (κ2) is 9.53. The Bertz CT molecular complexity index is 994. The van der Waals surface area contributed by atoms with Crippen LogP contribution >= 0.6 is 0 Å². The largest absolute Gasteiger partial charge is 0.322 e. The predicted molar refractivity (Wildman–Crippen MR) is 122 cm³/mol. The van der Waals surface area contributed by atoms with E-state index in [0.717, 1.165) is 51.4 Å². The standard InChI is InChI=1S/C26H34FN3O3/c27-24-17(14-16-6-4-5-9-21(16)28-18-7-2-1-3-8-18)10-11-19-20(24)15-30(26(19)33)22-12-13-23(31)29-25(22)32/h10-11,16,18,21-22,28H,1-9,12-15H2,(H,29,31,32)/t16-,21+,22?/m1/s1/i18D. The molecular formula is C26H34FN3O3. The molecule has 1 aromatic rings. The Morgan fingerprint density at radius 3 is 2.58 bits per heavy atom. The fraction of sp³-hybridized carbons (Fsp3) is 0.654. The summed E-state index contributed by atoms with van der Waals surface area (Å²) in [4.78, 5) is 38.1. The second-order valence-corrected chi connectivity index (χ2v) is 10.1. The maximum absolute atomic E-state index is 15.7. The molecule has 1 aromatic carbocycles. The predicted octanol–water partition coefficient (Wildman–Crippen LogP) is 3.61. The molecule has 2 aliphatic heterocycles. The summed E-state index contributed by atoms with van der Waals surface area (Å²) in [5.74, 6) is -1.25. The number of hydrogen-bond acceptors (Lipinski definition) is 4. The average Bonchev–Trinajstić information content (AvgIpc) is 3.14. The van der Waals surface area contributed by atoms with Crippen molar-refractivity contribution in [3.8, 4) is 0 Å². The molecule has 1 saturated heterocycles. The normalized spacial score (nSPS) is 30.1. The summed E-state index contributed by atoms with van der Waals surface area (Å²) in [6.45, 7) is 0.0578. The van der Waals surface area contributed by atoms with Crippen LogP contribution in [0.5, 0.6) is 0 Å². The van der Waals surface area contributed by atoms with Gasteiger partial charge in [-0.2, -0.15) is 0 Å². The smallest absolute Gasteiger partial charge is 0.255 e. The van der Waals surface area contributed by atoms with E-state index in [1.165, 1.54) is 11.3 Å². The zero-order valence-corrected chi connectivity index (χ0v) is 19.1. The van der Waals surface area contributed by atoms with Crippen molar-refractivity contribution >= 4 is 17.7 Å². The van der Waals surface area contributed by atoms with Gasteiger partial charge in [0.1, 0.15) is 11.9 Å². The molecule has 3 fully saturated rings. The minimum absolute atomic E-state index is 0.0578. The van der Waals surface area contributed by atoms with Crippen LogP contribution in [-0.2, 0) is 22.6 Å². The molecule has 3 amide bonds. The summed E-state index contributed by atoms with van der Waals surface area (Å²) < 4.78 is 24.5. The van der Waals surface area contributed by atoms with Crippen molar-refractivity contribution in [2.75, 3.05) is 0 Å². The number of piperidine rings is 1. The molecular weight excluding hydrogens is 421 g/mol. The summed E-state index contributed by atoms with van der Waals surface area (Å²) in [6.07, 6.45) is 10.4. The Morgan fingerprint density at radius 1 is 1.03 bits per heavy atom. The Kier molecular flexibility index (Phi) is 6.14. The third-order valence-electron chi connectivity index (χ3n) is 7.97. The summed E-state index contributed by atoms with van der Waals surface area (Å²) >= 11 is 0. The topological polar surface area (TPSA) is 78.5 Å². The first-order valence-electron chi connectivity index (χ1n) is 13.1. The highest BCUT2D eigenvalue weighted by Gasteiger charge is 2.40. The van der Waals surface area contributed by atoms with Gasteiger partial charge in [-0.3, -0.25) is 19.7 Å². The van der Waals surface area contributed by atoms with E-state index in [1.807, 2.05) is 0 Å². The summed E-state index contributed by atoms with van der Waals surface area (Å²) in [5.41, 5.74) is 1.28. The number of nitrogens with zero attached hydrogens (tertiary/aromatic N) is 1. The van der Waals surface area contributed by atoms with Gasteiger partial charge >= 0.3 is 0 Å². The number of benzene rings is 1. The first kappa shape index (κ1) is 21.3. The van der Waals surface area contributed by atoms with Crippen molar-refractivity contribution in [3.05, 3.63) is 34.6 Å².